The first-order chi connectivity index (χ1) is 14.6. The van der Waals surface area contributed by atoms with Crippen LogP contribution in [0, 0.1) is 5.92 Å². The summed E-state index contributed by atoms with van der Waals surface area (Å²) in [7, 11) is 1.34. The van der Waals surface area contributed by atoms with Crippen molar-refractivity contribution in [3.8, 4) is 5.75 Å². The molecule has 1 aromatic carbocycles. The quantitative estimate of drug-likeness (QED) is 0.505. The molecule has 0 saturated carbocycles. The molecule has 0 aliphatic carbocycles. The normalized spacial score (nSPS) is 23.4. The van der Waals surface area contributed by atoms with Crippen molar-refractivity contribution in [2.45, 2.75) is 37.8 Å². The van der Waals surface area contributed by atoms with Gasteiger partial charge in [-0.15, -0.1) is 0 Å². The summed E-state index contributed by atoms with van der Waals surface area (Å²) in [4.78, 5) is 26.7. The number of likely N-dealkylation sites (tertiary alicyclic amines) is 1. The number of carbonyl (C=O) groups is 2. The van der Waals surface area contributed by atoms with Crippen LogP contribution in [0.5, 0.6) is 5.75 Å². The Morgan fingerprint density at radius 3 is 2.77 bits per heavy atom. The van der Waals surface area contributed by atoms with Gasteiger partial charge in [0.05, 0.1) is 25.1 Å². The van der Waals surface area contributed by atoms with E-state index >= 15 is 0 Å². The van der Waals surface area contributed by atoms with E-state index in [2.05, 4.69) is 10.2 Å². The van der Waals surface area contributed by atoms with Crippen LogP contribution in [0.4, 0.5) is 0 Å². The molecule has 0 aromatic heterocycles. The molecule has 30 heavy (non-hydrogen) atoms. The highest BCUT2D eigenvalue weighted by molar-refractivity contribution is 5.89. The molecule has 0 bridgehead atoms. The molecule has 2 fully saturated rings. The van der Waals surface area contributed by atoms with E-state index in [0.717, 1.165) is 52.0 Å². The maximum absolute atomic E-state index is 12.8. The average Bonchev–Trinajstić information content (AvgIpc) is 2.98. The van der Waals surface area contributed by atoms with Gasteiger partial charge in [0.15, 0.2) is 0 Å². The van der Waals surface area contributed by atoms with Crippen molar-refractivity contribution in [1.29, 1.82) is 0 Å². The zero-order valence-corrected chi connectivity index (χ0v) is 17.7. The molecule has 166 valence electrons. The second-order valence-corrected chi connectivity index (χ2v) is 7.99. The number of benzene rings is 1. The van der Waals surface area contributed by atoms with Crippen molar-refractivity contribution < 1.29 is 23.8 Å². The largest absolute Gasteiger partial charge is 0.492 e. The van der Waals surface area contributed by atoms with Gasteiger partial charge in [-0.05, 0) is 43.9 Å². The SMILES string of the molecule is COC(=O)c1cccc(OCCNC(=O)[C@@H]2CC[C@H](N)CN(C3CCOCC3)C2)c1. The first kappa shape index (κ1) is 22.5. The lowest BCUT2D eigenvalue weighted by molar-refractivity contribution is -0.126. The summed E-state index contributed by atoms with van der Waals surface area (Å²) in [5.74, 6) is 0.143. The Morgan fingerprint density at radius 2 is 2.00 bits per heavy atom. The number of carbonyl (C=O) groups excluding carboxylic acids is 2. The molecule has 3 rings (SSSR count). The summed E-state index contributed by atoms with van der Waals surface area (Å²) in [6.07, 6.45) is 3.66. The van der Waals surface area contributed by atoms with Crippen molar-refractivity contribution in [3.05, 3.63) is 29.8 Å². The van der Waals surface area contributed by atoms with E-state index in [4.69, 9.17) is 19.9 Å². The Bertz CT molecular complexity index is 708. The third kappa shape index (κ3) is 6.42. The van der Waals surface area contributed by atoms with Gasteiger partial charge in [-0.1, -0.05) is 6.07 Å². The van der Waals surface area contributed by atoms with Crippen LogP contribution in [0.1, 0.15) is 36.0 Å². The molecule has 3 N–H and O–H groups in total. The lowest BCUT2D eigenvalue weighted by Crippen LogP contribution is -2.47. The fraction of sp³-hybridized carbons (Fsp3) is 0.636. The lowest BCUT2D eigenvalue weighted by Gasteiger charge is -2.35. The van der Waals surface area contributed by atoms with Crippen LogP contribution >= 0.6 is 0 Å². The average molecular weight is 420 g/mol. The number of nitrogens with zero attached hydrogens (tertiary/aromatic N) is 1. The summed E-state index contributed by atoms with van der Waals surface area (Å²) in [6, 6.07) is 7.36. The number of hydrogen-bond acceptors (Lipinski definition) is 7. The summed E-state index contributed by atoms with van der Waals surface area (Å²) in [6.45, 7) is 3.87. The van der Waals surface area contributed by atoms with Gasteiger partial charge in [0, 0.05) is 38.4 Å². The molecule has 2 aliphatic rings. The van der Waals surface area contributed by atoms with Crippen LogP contribution in [0.15, 0.2) is 24.3 Å². The van der Waals surface area contributed by atoms with Crippen LogP contribution in [-0.2, 0) is 14.3 Å². The highest BCUT2D eigenvalue weighted by Crippen LogP contribution is 2.22. The van der Waals surface area contributed by atoms with Gasteiger partial charge in [-0.3, -0.25) is 9.69 Å². The van der Waals surface area contributed by atoms with Gasteiger partial charge in [0.2, 0.25) is 5.91 Å². The predicted molar refractivity (Wildman–Crippen MR) is 112 cm³/mol. The molecular formula is C22H33N3O5. The van der Waals surface area contributed by atoms with Gasteiger partial charge in [-0.2, -0.15) is 0 Å². The van der Waals surface area contributed by atoms with E-state index in [1.54, 1.807) is 24.3 Å². The second-order valence-electron chi connectivity index (χ2n) is 7.99. The molecule has 2 atom stereocenters. The summed E-state index contributed by atoms with van der Waals surface area (Å²) >= 11 is 0. The van der Waals surface area contributed by atoms with Crippen molar-refractivity contribution in [2.75, 3.05) is 46.6 Å². The van der Waals surface area contributed by atoms with Crippen molar-refractivity contribution in [3.63, 3.8) is 0 Å². The van der Waals surface area contributed by atoms with Crippen LogP contribution < -0.4 is 15.8 Å². The minimum Gasteiger partial charge on any atom is -0.492 e. The highest BCUT2D eigenvalue weighted by Gasteiger charge is 2.31. The number of nitrogens with two attached hydrogens (primary N) is 1. The number of methoxy groups -OCH3 is 1. The van der Waals surface area contributed by atoms with E-state index in [1.807, 2.05) is 0 Å². The van der Waals surface area contributed by atoms with Crippen molar-refractivity contribution in [1.82, 2.24) is 10.2 Å². The summed E-state index contributed by atoms with van der Waals surface area (Å²) in [5.41, 5.74) is 6.70. The van der Waals surface area contributed by atoms with Gasteiger partial charge in [0.1, 0.15) is 12.4 Å². The Morgan fingerprint density at radius 1 is 1.20 bits per heavy atom. The number of amides is 1. The third-order valence-electron chi connectivity index (χ3n) is 5.81. The first-order valence-corrected chi connectivity index (χ1v) is 10.7. The minimum absolute atomic E-state index is 0.0491. The maximum Gasteiger partial charge on any atom is 0.337 e. The first-order valence-electron chi connectivity index (χ1n) is 10.7. The topological polar surface area (TPSA) is 103 Å². The number of ether oxygens (including phenoxy) is 3. The van der Waals surface area contributed by atoms with Crippen molar-refractivity contribution >= 4 is 11.9 Å². The molecule has 2 aliphatic heterocycles. The molecule has 0 unspecified atom stereocenters. The molecule has 1 amide bonds. The third-order valence-corrected chi connectivity index (χ3v) is 5.81. The van der Waals surface area contributed by atoms with E-state index in [-0.39, 0.29) is 17.9 Å². The van der Waals surface area contributed by atoms with Gasteiger partial charge in [-0.25, -0.2) is 4.79 Å². The highest BCUT2D eigenvalue weighted by atomic mass is 16.5. The fourth-order valence-electron chi connectivity index (χ4n) is 4.14. The smallest absolute Gasteiger partial charge is 0.337 e. The molecule has 8 nitrogen and oxygen atoms in total. The Labute approximate surface area is 178 Å². The molecular weight excluding hydrogens is 386 g/mol. The second kappa shape index (κ2) is 11.3. The summed E-state index contributed by atoms with van der Waals surface area (Å²) < 4.78 is 15.9. The van der Waals surface area contributed by atoms with Crippen LogP contribution in [0.3, 0.4) is 0 Å². The zero-order chi connectivity index (χ0) is 21.3. The van der Waals surface area contributed by atoms with E-state index in [0.29, 0.717) is 30.5 Å². The van der Waals surface area contributed by atoms with E-state index < -0.39 is 5.97 Å². The Hall–Kier alpha value is -2.16. The van der Waals surface area contributed by atoms with Crippen LogP contribution in [0.2, 0.25) is 0 Å². The fourth-order valence-corrected chi connectivity index (χ4v) is 4.14. The van der Waals surface area contributed by atoms with Crippen molar-refractivity contribution in [2.24, 2.45) is 11.7 Å². The Kier molecular flexibility index (Phi) is 8.48. The number of nitrogens with one attached hydrogen (secondary N) is 1. The van der Waals surface area contributed by atoms with Crippen LogP contribution in [-0.4, -0.2) is 75.4 Å². The minimum atomic E-state index is -0.408. The zero-order valence-electron chi connectivity index (χ0n) is 17.7. The maximum atomic E-state index is 12.8. The standard InChI is InChI=1S/C22H33N3O5/c1-28-22(27)16-3-2-4-20(13-16)30-12-9-24-21(26)17-5-6-18(23)15-25(14-17)19-7-10-29-11-8-19/h2-4,13,17-19H,5-12,14-15,23H2,1H3,(H,24,26)/t17-,18+/m1/s1. The van der Waals surface area contributed by atoms with E-state index in [1.165, 1.54) is 7.11 Å². The Balaban J connectivity index is 1.46. The lowest BCUT2D eigenvalue weighted by atomic mass is 10.0. The molecule has 1 aromatic rings. The number of hydrogen-bond donors (Lipinski definition) is 2. The van der Waals surface area contributed by atoms with Gasteiger partial charge in [0.25, 0.3) is 0 Å². The molecule has 0 radical (unpaired) electrons. The van der Waals surface area contributed by atoms with Gasteiger partial charge >= 0.3 is 5.97 Å². The molecule has 2 saturated heterocycles. The number of rotatable bonds is 7. The molecule has 0 spiro atoms. The van der Waals surface area contributed by atoms with Crippen LogP contribution in [0.25, 0.3) is 0 Å². The predicted octanol–water partition coefficient (Wildman–Crippen LogP) is 1.19. The number of esters is 1. The van der Waals surface area contributed by atoms with E-state index in [9.17, 15) is 9.59 Å². The van der Waals surface area contributed by atoms with Gasteiger partial charge < -0.3 is 25.3 Å². The summed E-state index contributed by atoms with van der Waals surface area (Å²) in [5, 5.41) is 2.99. The molecule has 8 heteroatoms. The monoisotopic (exact) mass is 419 g/mol. The molecule has 2 heterocycles.